The number of hydrogen-bond acceptors (Lipinski definition) is 5. The van der Waals surface area contributed by atoms with Gasteiger partial charge in [-0.2, -0.15) is 0 Å². The maximum atomic E-state index is 5.28. The average molecular weight is 756 g/mol. The zero-order valence-electron chi connectivity index (χ0n) is 31.1. The lowest BCUT2D eigenvalue weighted by Gasteiger charge is -2.15. The fourth-order valence-electron chi connectivity index (χ4n) is 7.83. The second-order valence-corrected chi connectivity index (χ2v) is 16.7. The molecule has 10 rings (SSSR count). The molecule has 0 fully saturated rings. The molecule has 3 nitrogen and oxygen atoms in total. The zero-order valence-corrected chi connectivity index (χ0v) is 32.7. The van der Waals surface area contributed by atoms with Gasteiger partial charge in [0, 0.05) is 52.2 Å². The van der Waals surface area contributed by atoms with Crippen LogP contribution in [-0.2, 0) is 0 Å². The smallest absolute Gasteiger partial charge is 0.164 e. The minimum absolute atomic E-state index is 0.0712. The summed E-state index contributed by atoms with van der Waals surface area (Å²) in [5.41, 5.74) is 10.4. The molecule has 1 aliphatic carbocycles. The zero-order chi connectivity index (χ0) is 37.6. The summed E-state index contributed by atoms with van der Waals surface area (Å²) < 4.78 is 3.84. The monoisotopic (exact) mass is 755 g/mol. The lowest BCUT2D eigenvalue weighted by atomic mass is 9.97. The highest BCUT2D eigenvalue weighted by molar-refractivity contribution is 7.25. The van der Waals surface area contributed by atoms with Crippen molar-refractivity contribution >= 4 is 64.6 Å². The second kappa shape index (κ2) is 14.4. The fourth-order valence-corrected chi connectivity index (χ4v) is 9.99. The Balaban J connectivity index is 1.08. The first-order valence-corrected chi connectivity index (χ1v) is 20.7. The summed E-state index contributed by atoms with van der Waals surface area (Å²) in [4.78, 5) is 17.0. The summed E-state index contributed by atoms with van der Waals surface area (Å²) in [5.74, 6) is 2.25. The lowest BCUT2D eigenvalue weighted by molar-refractivity contribution is 0.764. The number of aromatic nitrogens is 3. The Hall–Kier alpha value is -6.27. The maximum Gasteiger partial charge on any atom is 0.164 e. The summed E-state index contributed by atoms with van der Waals surface area (Å²) in [5, 5.41) is 3.77. The number of benzene rings is 6. The van der Waals surface area contributed by atoms with Crippen LogP contribution in [0.25, 0.3) is 86.9 Å². The molecule has 3 heterocycles. The van der Waals surface area contributed by atoms with E-state index in [4.69, 9.17) is 15.0 Å². The molecule has 56 heavy (non-hydrogen) atoms. The summed E-state index contributed by atoms with van der Waals surface area (Å²) >= 11 is 3.67. The van der Waals surface area contributed by atoms with Crippen molar-refractivity contribution in [2.24, 2.45) is 0 Å². The van der Waals surface area contributed by atoms with E-state index >= 15 is 0 Å². The van der Waals surface area contributed by atoms with E-state index < -0.39 is 0 Å². The number of hydrogen-bond donors (Lipinski definition) is 0. The number of thiophene rings is 2. The number of rotatable bonds is 7. The molecule has 6 aromatic carbocycles. The minimum Gasteiger partial charge on any atom is -0.212 e. The van der Waals surface area contributed by atoms with Crippen LogP contribution in [0, 0.1) is 6.92 Å². The molecule has 0 radical (unpaired) electrons. The fraction of sp³-hybridized carbons (Fsp3) is 0.0784. The summed E-state index contributed by atoms with van der Waals surface area (Å²) in [6, 6.07) is 50.1. The Labute approximate surface area is 334 Å². The second-order valence-electron chi connectivity index (χ2n) is 14.4. The lowest BCUT2D eigenvalue weighted by Crippen LogP contribution is -2.08. The number of fused-ring (bicyclic) bond motifs is 4. The molecule has 0 N–H and O–H groups in total. The summed E-state index contributed by atoms with van der Waals surface area (Å²) in [6.07, 6.45) is 11.8. The molecule has 268 valence electrons. The van der Waals surface area contributed by atoms with Gasteiger partial charge in [-0.3, -0.25) is 0 Å². The highest BCUT2D eigenvalue weighted by Crippen LogP contribution is 2.41. The maximum absolute atomic E-state index is 5.28. The van der Waals surface area contributed by atoms with E-state index in [0.29, 0.717) is 11.6 Å². The third-order valence-corrected chi connectivity index (χ3v) is 13.0. The van der Waals surface area contributed by atoms with Gasteiger partial charge in [-0.15, -0.1) is 22.7 Å². The molecular formula is C51H37N3S2. The van der Waals surface area contributed by atoms with E-state index in [1.165, 1.54) is 68.5 Å². The van der Waals surface area contributed by atoms with Crippen LogP contribution in [0.4, 0.5) is 0 Å². The molecule has 0 saturated carbocycles. The third-order valence-electron chi connectivity index (χ3n) is 10.8. The van der Waals surface area contributed by atoms with Crippen molar-refractivity contribution in [2.45, 2.75) is 26.2 Å². The van der Waals surface area contributed by atoms with Crippen molar-refractivity contribution in [1.29, 1.82) is 0 Å². The topological polar surface area (TPSA) is 38.7 Å². The van der Waals surface area contributed by atoms with E-state index in [0.717, 1.165) is 28.9 Å². The van der Waals surface area contributed by atoms with Gasteiger partial charge >= 0.3 is 0 Å². The van der Waals surface area contributed by atoms with E-state index in [2.05, 4.69) is 184 Å². The molecule has 1 atom stereocenters. The van der Waals surface area contributed by atoms with Crippen molar-refractivity contribution < 1.29 is 0 Å². The Bertz CT molecular complexity index is 3020. The Morgan fingerprint density at radius 2 is 1.29 bits per heavy atom. The van der Waals surface area contributed by atoms with E-state index in [-0.39, 0.29) is 5.92 Å². The average Bonchev–Trinajstić information content (AvgIpc) is 3.80. The van der Waals surface area contributed by atoms with Crippen LogP contribution < -0.4 is 0 Å². The molecule has 5 heteroatoms. The van der Waals surface area contributed by atoms with Crippen LogP contribution in [0.1, 0.15) is 41.1 Å². The molecule has 1 unspecified atom stereocenters. The van der Waals surface area contributed by atoms with Crippen LogP contribution >= 0.6 is 22.7 Å². The molecular weight excluding hydrogens is 719 g/mol. The van der Waals surface area contributed by atoms with Crippen molar-refractivity contribution in [1.82, 2.24) is 15.0 Å². The van der Waals surface area contributed by atoms with Gasteiger partial charge in [0.1, 0.15) is 5.82 Å². The molecule has 0 amide bonds. The van der Waals surface area contributed by atoms with E-state index in [1.54, 1.807) is 0 Å². The van der Waals surface area contributed by atoms with E-state index in [1.807, 2.05) is 22.7 Å². The van der Waals surface area contributed by atoms with Crippen molar-refractivity contribution in [3.63, 3.8) is 0 Å². The quantitative estimate of drug-likeness (QED) is 0.163. The van der Waals surface area contributed by atoms with Gasteiger partial charge in [0.25, 0.3) is 0 Å². The van der Waals surface area contributed by atoms with Gasteiger partial charge in [0.15, 0.2) is 11.6 Å². The van der Waals surface area contributed by atoms with Crippen LogP contribution in [-0.4, -0.2) is 15.0 Å². The predicted octanol–water partition coefficient (Wildman–Crippen LogP) is 14.6. The summed E-state index contributed by atoms with van der Waals surface area (Å²) in [6.45, 7) is 4.42. The third kappa shape index (κ3) is 6.39. The van der Waals surface area contributed by atoms with E-state index in [9.17, 15) is 0 Å². The van der Waals surface area contributed by atoms with Gasteiger partial charge in [0.05, 0.1) is 0 Å². The first-order valence-electron chi connectivity index (χ1n) is 19.0. The van der Waals surface area contributed by atoms with Crippen molar-refractivity contribution in [3.8, 4) is 45.0 Å². The standard InChI is InChI=1S/C51H37N3S2/c1-32(34-23-25-36(26-24-34)35-13-5-3-6-14-35)29-43-33(2)55-47-22-12-20-42(48(43)47)51-53-49(37-15-7-4-8-16-37)52-50(54-51)40-18-11-17-38(30-40)39-27-28-46-44(31-39)41-19-9-10-21-45(41)56-46/h3-15,17-31,37H,16H2,1-2H3/b32-29+. The molecule has 0 saturated heterocycles. The molecule has 9 aromatic rings. The van der Waals surface area contributed by atoms with Crippen molar-refractivity contribution in [3.05, 3.63) is 186 Å². The van der Waals surface area contributed by atoms with Crippen LogP contribution in [0.15, 0.2) is 164 Å². The molecule has 0 aliphatic heterocycles. The highest BCUT2D eigenvalue weighted by Gasteiger charge is 2.21. The first kappa shape index (κ1) is 34.2. The number of aryl methyl sites for hydroxylation is 1. The largest absolute Gasteiger partial charge is 0.212 e. The Kier molecular flexibility index (Phi) is 8.82. The number of allylic oxidation sites excluding steroid dienone is 5. The Morgan fingerprint density at radius 1 is 0.589 bits per heavy atom. The SMILES string of the molecule is C/C(=C\c1c(C)sc2cccc(-c3nc(-c4cccc(-c5ccc6sc7ccccc7c6c5)c4)nc(C4C=CC=CC4)n3)c12)c1ccc(-c2ccccc2)cc1. The van der Waals surface area contributed by atoms with Gasteiger partial charge < -0.3 is 0 Å². The molecule has 0 bridgehead atoms. The minimum atomic E-state index is 0.0712. The van der Waals surface area contributed by atoms with Gasteiger partial charge in [0.2, 0.25) is 0 Å². The van der Waals surface area contributed by atoms with Crippen molar-refractivity contribution in [2.75, 3.05) is 0 Å². The van der Waals surface area contributed by atoms with Crippen LogP contribution in [0.5, 0.6) is 0 Å². The van der Waals surface area contributed by atoms with Gasteiger partial charge in [-0.1, -0.05) is 133 Å². The van der Waals surface area contributed by atoms with Gasteiger partial charge in [-0.05, 0) is 95.6 Å². The highest BCUT2D eigenvalue weighted by atomic mass is 32.1. The van der Waals surface area contributed by atoms with Crippen LogP contribution in [0.2, 0.25) is 0 Å². The van der Waals surface area contributed by atoms with Gasteiger partial charge in [-0.25, -0.2) is 15.0 Å². The molecule has 1 aliphatic rings. The molecule has 3 aromatic heterocycles. The predicted molar refractivity (Wildman–Crippen MR) is 240 cm³/mol. The first-order chi connectivity index (χ1) is 27.6. The normalized spacial score (nSPS) is 14.3. The van der Waals surface area contributed by atoms with Crippen LogP contribution in [0.3, 0.4) is 0 Å². The molecule has 0 spiro atoms. The Morgan fingerprint density at radius 3 is 2.14 bits per heavy atom. The summed E-state index contributed by atoms with van der Waals surface area (Å²) in [7, 11) is 0. The number of nitrogens with zero attached hydrogens (tertiary/aromatic N) is 3.